The van der Waals surface area contributed by atoms with Crippen LogP contribution in [0.3, 0.4) is 0 Å². The van der Waals surface area contributed by atoms with E-state index in [2.05, 4.69) is 21.2 Å². The van der Waals surface area contributed by atoms with Gasteiger partial charge in [0.25, 0.3) is 0 Å². The number of nitrogen functional groups attached to an aromatic ring is 1. The van der Waals surface area contributed by atoms with Crippen LogP contribution in [0.1, 0.15) is 18.9 Å². The van der Waals surface area contributed by atoms with Crippen molar-refractivity contribution in [3.8, 4) is 0 Å². The molecular formula is C12H17BrN2O2S. The van der Waals surface area contributed by atoms with Gasteiger partial charge in [-0.15, -0.1) is 0 Å². The maximum atomic E-state index is 11.5. The highest BCUT2D eigenvalue weighted by atomic mass is 79.9. The molecule has 3 N–H and O–H groups in total. The van der Waals surface area contributed by atoms with E-state index in [0.717, 1.165) is 10.0 Å². The predicted octanol–water partition coefficient (Wildman–Crippen LogP) is 1.70. The molecule has 1 aromatic carbocycles. The van der Waals surface area contributed by atoms with E-state index in [9.17, 15) is 8.42 Å². The Labute approximate surface area is 116 Å². The van der Waals surface area contributed by atoms with E-state index in [1.807, 2.05) is 25.1 Å². The molecule has 4 nitrogen and oxygen atoms in total. The summed E-state index contributed by atoms with van der Waals surface area (Å²) in [5.41, 5.74) is 7.28. The van der Waals surface area contributed by atoms with Crippen molar-refractivity contribution in [2.24, 2.45) is 0 Å². The molecule has 1 aliphatic heterocycles. The Bertz CT molecular complexity index is 559. The summed E-state index contributed by atoms with van der Waals surface area (Å²) >= 11 is 3.36. The van der Waals surface area contributed by atoms with E-state index in [1.165, 1.54) is 0 Å². The number of hydrogen-bond donors (Lipinski definition) is 2. The molecule has 6 heteroatoms. The highest BCUT2D eigenvalue weighted by Crippen LogP contribution is 2.24. The van der Waals surface area contributed by atoms with Gasteiger partial charge in [-0.1, -0.05) is 22.0 Å². The topological polar surface area (TPSA) is 72.2 Å². The van der Waals surface area contributed by atoms with Gasteiger partial charge in [-0.3, -0.25) is 0 Å². The van der Waals surface area contributed by atoms with Gasteiger partial charge in [0.15, 0.2) is 9.84 Å². The Balaban J connectivity index is 2.04. The van der Waals surface area contributed by atoms with E-state index in [4.69, 9.17) is 5.73 Å². The van der Waals surface area contributed by atoms with Crippen LogP contribution in [0.4, 0.5) is 5.69 Å². The third-order valence-corrected chi connectivity index (χ3v) is 5.71. The van der Waals surface area contributed by atoms with Gasteiger partial charge >= 0.3 is 0 Å². The summed E-state index contributed by atoms with van der Waals surface area (Å²) in [5.74, 6) is 0.475. The lowest BCUT2D eigenvalue weighted by molar-refractivity contribution is 0.396. The van der Waals surface area contributed by atoms with Crippen molar-refractivity contribution in [3.05, 3.63) is 28.2 Å². The van der Waals surface area contributed by atoms with Crippen LogP contribution in [-0.2, 0) is 16.4 Å². The van der Waals surface area contributed by atoms with Crippen molar-refractivity contribution in [1.82, 2.24) is 5.32 Å². The smallest absolute Gasteiger partial charge is 0.152 e. The fourth-order valence-electron chi connectivity index (χ4n) is 2.19. The average Bonchev–Trinajstić information content (AvgIpc) is 2.52. The third kappa shape index (κ3) is 3.24. The second-order valence-corrected chi connectivity index (χ2v) is 8.20. The monoisotopic (exact) mass is 332 g/mol. The highest BCUT2D eigenvalue weighted by molar-refractivity contribution is 9.10. The van der Waals surface area contributed by atoms with Crippen molar-refractivity contribution in [2.75, 3.05) is 17.2 Å². The van der Waals surface area contributed by atoms with Crippen LogP contribution in [0.5, 0.6) is 0 Å². The Morgan fingerprint density at radius 1 is 1.50 bits per heavy atom. The largest absolute Gasteiger partial charge is 0.398 e. The van der Waals surface area contributed by atoms with Crippen molar-refractivity contribution >= 4 is 31.5 Å². The van der Waals surface area contributed by atoms with Crippen LogP contribution in [-0.4, -0.2) is 25.5 Å². The zero-order chi connectivity index (χ0) is 13.4. The first-order chi connectivity index (χ1) is 8.30. The van der Waals surface area contributed by atoms with Crippen molar-refractivity contribution < 1.29 is 8.42 Å². The Hall–Kier alpha value is -0.590. The van der Waals surface area contributed by atoms with E-state index in [1.54, 1.807) is 0 Å². The number of halogens is 1. The first-order valence-corrected chi connectivity index (χ1v) is 8.40. The Kier molecular flexibility index (Phi) is 3.71. The zero-order valence-corrected chi connectivity index (χ0v) is 12.6. The van der Waals surface area contributed by atoms with Crippen molar-refractivity contribution in [1.29, 1.82) is 0 Å². The number of anilines is 1. The summed E-state index contributed by atoms with van der Waals surface area (Å²) in [4.78, 5) is 0. The molecule has 1 aromatic rings. The summed E-state index contributed by atoms with van der Waals surface area (Å²) in [6.45, 7) is 2.54. The predicted molar refractivity (Wildman–Crippen MR) is 77.1 cm³/mol. The normalized spacial score (nSPS) is 26.3. The SMILES string of the molecule is CC1(NCc2ccc(Br)cc2N)CCS(=O)(=O)C1. The summed E-state index contributed by atoms with van der Waals surface area (Å²) in [7, 11) is -2.88. The fourth-order valence-corrected chi connectivity index (χ4v) is 4.69. The summed E-state index contributed by atoms with van der Waals surface area (Å²) in [6, 6.07) is 5.73. The quantitative estimate of drug-likeness (QED) is 0.826. The summed E-state index contributed by atoms with van der Waals surface area (Å²) in [5, 5.41) is 3.32. The molecular weight excluding hydrogens is 316 g/mol. The Morgan fingerprint density at radius 2 is 2.22 bits per heavy atom. The molecule has 0 bridgehead atoms. The number of benzene rings is 1. The van der Waals surface area contributed by atoms with Gasteiger partial charge in [0.05, 0.1) is 11.5 Å². The molecule has 0 amide bonds. The van der Waals surface area contributed by atoms with E-state index in [-0.39, 0.29) is 17.0 Å². The molecule has 0 saturated carbocycles. The molecule has 2 rings (SSSR count). The first-order valence-electron chi connectivity index (χ1n) is 5.79. The van der Waals surface area contributed by atoms with Crippen LogP contribution in [0.15, 0.2) is 22.7 Å². The van der Waals surface area contributed by atoms with Crippen LogP contribution in [0.2, 0.25) is 0 Å². The molecule has 0 radical (unpaired) electrons. The molecule has 100 valence electrons. The van der Waals surface area contributed by atoms with Gasteiger partial charge in [0.2, 0.25) is 0 Å². The number of nitrogens with one attached hydrogen (secondary N) is 1. The van der Waals surface area contributed by atoms with Crippen LogP contribution in [0, 0.1) is 0 Å². The molecule has 1 aliphatic rings. The second-order valence-electron chi connectivity index (χ2n) is 5.10. The van der Waals surface area contributed by atoms with E-state index < -0.39 is 9.84 Å². The number of hydrogen-bond acceptors (Lipinski definition) is 4. The first kappa shape index (κ1) is 13.8. The number of sulfone groups is 1. The zero-order valence-electron chi connectivity index (χ0n) is 10.2. The lowest BCUT2D eigenvalue weighted by Gasteiger charge is -2.24. The van der Waals surface area contributed by atoms with Gasteiger partial charge in [0, 0.05) is 22.2 Å². The maximum Gasteiger partial charge on any atom is 0.152 e. The molecule has 1 atom stereocenters. The molecule has 18 heavy (non-hydrogen) atoms. The van der Waals surface area contributed by atoms with Gasteiger partial charge in [-0.25, -0.2) is 8.42 Å². The molecule has 1 unspecified atom stereocenters. The molecule has 1 fully saturated rings. The van der Waals surface area contributed by atoms with Crippen LogP contribution < -0.4 is 11.1 Å². The fraction of sp³-hybridized carbons (Fsp3) is 0.500. The van der Waals surface area contributed by atoms with E-state index >= 15 is 0 Å². The second kappa shape index (κ2) is 4.83. The third-order valence-electron chi connectivity index (χ3n) is 3.32. The highest BCUT2D eigenvalue weighted by Gasteiger charge is 2.37. The molecule has 1 heterocycles. The average molecular weight is 333 g/mol. The van der Waals surface area contributed by atoms with Crippen molar-refractivity contribution in [3.63, 3.8) is 0 Å². The summed E-state index contributed by atoms with van der Waals surface area (Å²) < 4.78 is 23.9. The van der Waals surface area contributed by atoms with Gasteiger partial charge in [-0.05, 0) is 31.0 Å². The molecule has 0 aliphatic carbocycles. The molecule has 0 spiro atoms. The van der Waals surface area contributed by atoms with Gasteiger partial charge in [0.1, 0.15) is 0 Å². The van der Waals surface area contributed by atoms with Gasteiger partial charge < -0.3 is 11.1 Å². The number of rotatable bonds is 3. The standard InChI is InChI=1S/C12H17BrN2O2S/c1-12(4-5-18(16,17)8-12)15-7-9-2-3-10(13)6-11(9)14/h2-3,6,15H,4-5,7-8,14H2,1H3. The van der Waals surface area contributed by atoms with Crippen molar-refractivity contribution in [2.45, 2.75) is 25.4 Å². The number of nitrogens with two attached hydrogens (primary N) is 1. The Morgan fingerprint density at radius 3 is 2.78 bits per heavy atom. The van der Waals surface area contributed by atoms with Crippen LogP contribution in [0.25, 0.3) is 0 Å². The minimum atomic E-state index is -2.88. The maximum absolute atomic E-state index is 11.5. The van der Waals surface area contributed by atoms with Gasteiger partial charge in [-0.2, -0.15) is 0 Å². The van der Waals surface area contributed by atoms with E-state index in [0.29, 0.717) is 18.7 Å². The summed E-state index contributed by atoms with van der Waals surface area (Å²) in [6.07, 6.45) is 0.658. The minimum absolute atomic E-state index is 0.205. The molecule has 1 saturated heterocycles. The minimum Gasteiger partial charge on any atom is -0.398 e. The lowest BCUT2D eigenvalue weighted by atomic mass is 10.0. The van der Waals surface area contributed by atoms with Crippen LogP contribution >= 0.6 is 15.9 Å². The molecule has 0 aromatic heterocycles. The lowest BCUT2D eigenvalue weighted by Crippen LogP contribution is -2.42.